The molecule has 4 aliphatic rings. The third kappa shape index (κ3) is 23.0. The van der Waals surface area contributed by atoms with Crippen molar-refractivity contribution in [3.63, 3.8) is 0 Å². The maximum absolute atomic E-state index is 12.1. The number of anilines is 4. The van der Waals surface area contributed by atoms with Crippen LogP contribution in [0.2, 0.25) is 5.28 Å². The molecule has 4 aromatic carbocycles. The summed E-state index contributed by atoms with van der Waals surface area (Å²) in [5.41, 5.74) is 18.5. The van der Waals surface area contributed by atoms with Crippen LogP contribution in [0.1, 0.15) is 60.4 Å². The molecule has 0 unspecified atom stereocenters. The van der Waals surface area contributed by atoms with Gasteiger partial charge in [0.2, 0.25) is 34.3 Å². The second-order valence-electron chi connectivity index (χ2n) is 29.2. The van der Waals surface area contributed by atoms with Crippen LogP contribution in [0.5, 0.6) is 0 Å². The number of aryl methyl sites for hydroxylation is 1. The van der Waals surface area contributed by atoms with E-state index in [2.05, 4.69) is 289 Å². The van der Waals surface area contributed by atoms with Gasteiger partial charge in [0.1, 0.15) is 0 Å². The third-order valence-electron chi connectivity index (χ3n) is 20.8. The quantitative estimate of drug-likeness (QED) is 0.0567. The van der Waals surface area contributed by atoms with E-state index < -0.39 is 5.24 Å². The molecule has 28 heteroatoms. The molecular weight excluding hydrogens is 1600 g/mol. The van der Waals surface area contributed by atoms with Gasteiger partial charge >= 0.3 is 0 Å². The van der Waals surface area contributed by atoms with Gasteiger partial charge in [0, 0.05) is 105 Å². The largest absolute Gasteiger partial charge is 0.341 e. The molecular formula is C86H108Br2Cl2N22O2. The molecule has 4 fully saturated rings. The number of carbonyl (C=O) groups excluding carboxylic acids is 2. The predicted octanol–water partition coefficient (Wildman–Crippen LogP) is 13.7. The Morgan fingerprint density at radius 2 is 0.816 bits per heavy atom. The number of hydrogen-bond donors (Lipinski definition) is 2. The van der Waals surface area contributed by atoms with Crippen molar-refractivity contribution in [3.8, 4) is 0 Å². The summed E-state index contributed by atoms with van der Waals surface area (Å²) < 4.78 is 10.7. The number of nitrogens with one attached hydrogen (secondary N) is 1. The summed E-state index contributed by atoms with van der Waals surface area (Å²) in [4.78, 5) is 76.3. The fourth-order valence-corrected chi connectivity index (χ4v) is 15.0. The van der Waals surface area contributed by atoms with Crippen molar-refractivity contribution in [2.45, 2.75) is 89.4 Å². The lowest BCUT2D eigenvalue weighted by Gasteiger charge is -2.22. The number of rotatable bonds is 19. The predicted molar refractivity (Wildman–Crippen MR) is 475 cm³/mol. The summed E-state index contributed by atoms with van der Waals surface area (Å²) >= 11 is 17.8. The second kappa shape index (κ2) is 42.3. The van der Waals surface area contributed by atoms with E-state index in [0.717, 1.165) is 143 Å². The minimum atomic E-state index is -0.509. The molecule has 3 N–H and O–H groups in total. The average Bonchev–Trinajstić information content (AvgIpc) is 1.63. The molecule has 0 bridgehead atoms. The van der Waals surface area contributed by atoms with E-state index in [9.17, 15) is 9.59 Å². The molecule has 4 saturated heterocycles. The van der Waals surface area contributed by atoms with E-state index in [1.54, 1.807) is 24.3 Å². The molecule has 4 aliphatic heterocycles. The third-order valence-corrected chi connectivity index (χ3v) is 22.1. The summed E-state index contributed by atoms with van der Waals surface area (Å²) in [6.45, 7) is 20.2. The number of hydrogen-bond acceptors (Lipinski definition) is 19. The lowest BCUT2D eigenvalue weighted by atomic mass is 10.2. The first-order valence-electron chi connectivity index (χ1n) is 38.5. The van der Waals surface area contributed by atoms with Gasteiger partial charge in [0.15, 0.2) is 22.6 Å². The monoisotopic (exact) mass is 1710 g/mol. The minimum absolute atomic E-state index is 0.168. The fraction of sp³-hybridized carbons (Fsp3) is 0.372. The van der Waals surface area contributed by atoms with Crippen LogP contribution in [-0.2, 0) is 42.2 Å². The second-order valence-corrected chi connectivity index (χ2v) is 31.8. The molecule has 16 rings (SSSR count). The number of amides is 1. The summed E-state index contributed by atoms with van der Waals surface area (Å²) in [5, 5.41) is 3.26. The first-order chi connectivity index (χ1) is 55.1. The zero-order chi connectivity index (χ0) is 81.5. The van der Waals surface area contributed by atoms with Gasteiger partial charge in [-0.15, -0.1) is 0 Å². The first-order valence-corrected chi connectivity index (χ1v) is 40.9. The highest BCUT2D eigenvalue weighted by molar-refractivity contribution is 9.10. The Bertz CT molecular complexity index is 5070. The van der Waals surface area contributed by atoms with Crippen molar-refractivity contribution in [2.75, 3.05) is 142 Å². The topological polar surface area (TPSA) is 221 Å². The number of imidazole rings is 4. The number of aromatic nitrogens is 12. The Labute approximate surface area is 697 Å². The van der Waals surface area contributed by atoms with Gasteiger partial charge in [-0.25, -0.2) is 19.9 Å². The lowest BCUT2D eigenvalue weighted by Crippen LogP contribution is -2.32. The van der Waals surface area contributed by atoms with Crippen LogP contribution in [0, 0.1) is 0 Å². The van der Waals surface area contributed by atoms with E-state index in [0.29, 0.717) is 47.8 Å². The lowest BCUT2D eigenvalue weighted by molar-refractivity contribution is -0.114. The zero-order valence-corrected chi connectivity index (χ0v) is 72.1. The molecule has 8 aromatic heterocycles. The van der Waals surface area contributed by atoms with Gasteiger partial charge in [0.25, 0.3) is 0 Å². The molecule has 1 amide bonds. The molecule has 12 heterocycles. The van der Waals surface area contributed by atoms with Gasteiger partial charge < -0.3 is 68.5 Å². The number of nitrogens with zero attached hydrogens (tertiary/aromatic N) is 20. The fourth-order valence-electron chi connectivity index (χ4n) is 14.1. The molecule has 0 saturated carbocycles. The summed E-state index contributed by atoms with van der Waals surface area (Å²) in [6, 6.07) is 52.4. The maximum atomic E-state index is 12.1. The summed E-state index contributed by atoms with van der Waals surface area (Å²) in [6.07, 6.45) is 15.3. The molecule has 0 radical (unpaired) electrons. The molecule has 4 atom stereocenters. The number of fused-ring (bicyclic) bond motifs is 4. The number of pyridine rings is 4. The van der Waals surface area contributed by atoms with Crippen molar-refractivity contribution in [1.29, 1.82) is 0 Å². The molecule has 24 nitrogen and oxygen atoms in total. The number of halogens is 4. The normalized spacial score (nSPS) is 16.4. The van der Waals surface area contributed by atoms with E-state index in [4.69, 9.17) is 38.2 Å². The van der Waals surface area contributed by atoms with Crippen molar-refractivity contribution in [2.24, 2.45) is 5.73 Å². The van der Waals surface area contributed by atoms with Crippen molar-refractivity contribution >= 4 is 134 Å². The van der Waals surface area contributed by atoms with Crippen LogP contribution >= 0.6 is 55.1 Å². The zero-order valence-electron chi connectivity index (χ0n) is 67.4. The number of nitrogens with two attached hydrogens (primary N) is 1. The van der Waals surface area contributed by atoms with Crippen LogP contribution < -0.4 is 30.7 Å². The number of likely N-dealkylation sites (N-methyl/N-ethyl adjacent to an activating group) is 5. The van der Waals surface area contributed by atoms with Gasteiger partial charge in [-0.05, 0) is 221 Å². The van der Waals surface area contributed by atoms with Crippen LogP contribution in [0.4, 0.5) is 23.5 Å². The van der Waals surface area contributed by atoms with Gasteiger partial charge in [-0.1, -0.05) is 141 Å². The number of allylic oxidation sites excluding steroid dienone is 1. The number of benzene rings is 4. The van der Waals surface area contributed by atoms with E-state index in [1.165, 1.54) is 73.3 Å². The molecule has 0 aliphatic carbocycles. The molecule has 0 spiro atoms. The Morgan fingerprint density at radius 1 is 0.474 bits per heavy atom. The highest BCUT2D eigenvalue weighted by Crippen LogP contribution is 2.33. The minimum Gasteiger partial charge on any atom is -0.341 e. The standard InChI is InChI=1S/C23H28N6O.C21H27N5.C19H22BrN5.C13H9BrClN3.C6H14N2.C3H3ClO.CH5N/c1-5-21(30)27(4)19-13-20-22(24-14-19)25-23(28-12-11-18(16-28)26(2)3)29(20)15-17-9-7-6-8-10-17;1-4-16-12-19-20(22-13-16)23-21(25-11-10-18(15-25)24(2)3)26(19)14-17-8-6-5-7-9-17;1-23(2)16-8-9-24(13-16)19-22-18-17(10-15(20)11-21-18)25(19)12-14-6-4-3-5-7-14;14-10-6-11-12(16-7-10)17-13(15)18(11)8-9-4-2-1-3-5-9;1-8(2)6-3-4-7-5-6;1-2-3(4)5;1-2/h5-10,13-14,18H,1,11-12,15-16H2,2-4H3;5-9,12-13,18H,4,10-11,14-15H2,1-3H3;3-7,10-11,16H,8-9,12-13H2,1-2H3;1-7H,8H2;6-7H,3-5H2,1-2H3;2H,1H2;2H2,1H3/t2*18-;16-;;6-;;/m111.1../s1. The van der Waals surface area contributed by atoms with E-state index in [-0.39, 0.29) is 5.91 Å². The molecule has 602 valence electrons. The van der Waals surface area contributed by atoms with E-state index >= 15 is 0 Å². The van der Waals surface area contributed by atoms with Crippen molar-refractivity contribution < 1.29 is 9.59 Å². The summed E-state index contributed by atoms with van der Waals surface area (Å²) in [5.74, 6) is 2.84. The SMILES string of the molecule is C=CC(=O)Cl.C=CC(=O)N(C)c1cnc2nc(N3CC[C@@H](N(C)C)C3)n(Cc3ccccc3)c2c1.CCc1cnc2nc(N3CC[C@@H](N(C)C)C3)n(Cc3ccccc3)c2c1.CN.CN(C)[C@@H]1CCN(c2nc3ncc(Br)cc3n2Cc2ccccc2)C1.CN(C)[C@@H]1CCNC1.Clc1nc2ncc(Br)cc2n1Cc1ccccc1. The molecule has 114 heavy (non-hydrogen) atoms. The summed E-state index contributed by atoms with van der Waals surface area (Å²) in [7, 11) is 20.4. The van der Waals surface area contributed by atoms with E-state index in [1.807, 2.05) is 65.5 Å². The van der Waals surface area contributed by atoms with Crippen molar-refractivity contribution in [3.05, 3.63) is 238 Å². The van der Waals surface area contributed by atoms with Gasteiger partial charge in [-0.2, -0.15) is 19.9 Å². The Morgan fingerprint density at radius 3 is 1.15 bits per heavy atom. The Balaban J connectivity index is 0.000000153. The molecule has 12 aromatic rings. The Kier molecular flexibility index (Phi) is 32.3. The van der Waals surface area contributed by atoms with Crippen LogP contribution in [0.15, 0.2) is 205 Å². The Hall–Kier alpha value is -9.32. The average molecular weight is 1710 g/mol. The van der Waals surface area contributed by atoms with Gasteiger partial charge in [0.05, 0.1) is 60.1 Å². The van der Waals surface area contributed by atoms with Crippen LogP contribution in [-0.4, -0.2) is 236 Å². The number of carbonyl (C=O) groups is 2. The highest BCUT2D eigenvalue weighted by atomic mass is 79.9. The first kappa shape index (κ1) is 87.1. The highest BCUT2D eigenvalue weighted by Gasteiger charge is 2.32. The maximum Gasteiger partial charge on any atom is 0.250 e. The van der Waals surface area contributed by atoms with Crippen molar-refractivity contribution in [1.82, 2.24) is 83.1 Å². The van der Waals surface area contributed by atoms with Crippen LogP contribution in [0.25, 0.3) is 44.7 Å². The smallest absolute Gasteiger partial charge is 0.250 e. The van der Waals surface area contributed by atoms with Crippen LogP contribution in [0.3, 0.4) is 0 Å². The van der Waals surface area contributed by atoms with Gasteiger partial charge in [-0.3, -0.25) is 9.59 Å².